The summed E-state index contributed by atoms with van der Waals surface area (Å²) in [6, 6.07) is 2.67. The van der Waals surface area contributed by atoms with Crippen LogP contribution in [0, 0.1) is 11.7 Å². The molecule has 2 atom stereocenters. The molecule has 3 rings (SSSR count). The fourth-order valence-corrected chi connectivity index (χ4v) is 3.97. The summed E-state index contributed by atoms with van der Waals surface area (Å²) in [7, 11) is -0.919. The Morgan fingerprint density at radius 1 is 1.32 bits per heavy atom. The minimum Gasteiger partial charge on any atom is -0.337 e. The van der Waals surface area contributed by atoms with E-state index in [4.69, 9.17) is 0 Å². The number of rotatable bonds is 1. The first-order chi connectivity index (χ1) is 10.5. The molecular formula is C15H16FN3O2S. The lowest BCUT2D eigenvalue weighted by Gasteiger charge is -2.22. The first-order valence-electron chi connectivity index (χ1n) is 7.09. The zero-order valence-electron chi connectivity index (χ0n) is 12.2. The van der Waals surface area contributed by atoms with E-state index in [0.29, 0.717) is 35.6 Å². The average molecular weight is 321 g/mol. The maximum Gasteiger partial charge on any atom is 0.256 e. The Bertz CT molecular complexity index is 753. The van der Waals surface area contributed by atoms with Crippen LogP contribution in [0.15, 0.2) is 24.5 Å². The van der Waals surface area contributed by atoms with E-state index in [1.807, 2.05) is 6.92 Å². The van der Waals surface area contributed by atoms with E-state index in [2.05, 4.69) is 9.97 Å². The normalized spacial score (nSPS) is 22.5. The Morgan fingerprint density at radius 2 is 2.00 bits per heavy atom. The number of carbonyl (C=O) groups excluding carboxylic acids is 1. The van der Waals surface area contributed by atoms with Crippen molar-refractivity contribution < 1.29 is 13.4 Å². The van der Waals surface area contributed by atoms with Crippen molar-refractivity contribution >= 4 is 27.7 Å². The quantitative estimate of drug-likeness (QED) is 0.800. The molecule has 0 spiro atoms. The third-order valence-electron chi connectivity index (χ3n) is 3.67. The average Bonchev–Trinajstić information content (AvgIpc) is 2.66. The van der Waals surface area contributed by atoms with E-state index < -0.39 is 16.6 Å². The van der Waals surface area contributed by atoms with Crippen LogP contribution in [0.1, 0.15) is 17.3 Å². The zero-order chi connectivity index (χ0) is 15.7. The van der Waals surface area contributed by atoms with Gasteiger partial charge in [-0.1, -0.05) is 6.92 Å². The Hall–Kier alpha value is -1.89. The van der Waals surface area contributed by atoms with Gasteiger partial charge in [0.15, 0.2) is 0 Å². The molecule has 0 N–H and O–H groups in total. The molecule has 0 saturated carbocycles. The van der Waals surface area contributed by atoms with E-state index in [9.17, 15) is 13.4 Å². The second-order valence-electron chi connectivity index (χ2n) is 5.54. The Labute approximate surface area is 130 Å². The van der Waals surface area contributed by atoms with Gasteiger partial charge in [-0.25, -0.2) is 4.39 Å². The van der Waals surface area contributed by atoms with Gasteiger partial charge in [0.1, 0.15) is 5.82 Å². The fourth-order valence-electron chi connectivity index (χ4n) is 2.64. The molecule has 116 valence electrons. The first-order valence-corrected chi connectivity index (χ1v) is 8.58. The molecule has 1 aliphatic heterocycles. The summed E-state index contributed by atoms with van der Waals surface area (Å²) in [5.74, 6) is 0.169. The van der Waals surface area contributed by atoms with Crippen molar-refractivity contribution in [1.82, 2.24) is 14.9 Å². The standard InChI is InChI=1S/C15H16FN3O2S/c1-10-8-19(4-5-22(21)9-10)15(20)11-6-13-14(7-12(11)16)18-3-2-17-13/h2-3,6-7,10H,4-5,8-9H2,1H3/t10-,22+/m1/s1. The molecule has 1 fully saturated rings. The van der Waals surface area contributed by atoms with Crippen molar-refractivity contribution in [2.75, 3.05) is 24.6 Å². The third-order valence-corrected chi connectivity index (χ3v) is 5.25. The topological polar surface area (TPSA) is 63.2 Å². The second kappa shape index (κ2) is 6.08. The van der Waals surface area contributed by atoms with Gasteiger partial charge in [-0.2, -0.15) is 0 Å². The maximum absolute atomic E-state index is 14.2. The number of hydrogen-bond acceptors (Lipinski definition) is 4. The van der Waals surface area contributed by atoms with Crippen molar-refractivity contribution in [3.63, 3.8) is 0 Å². The van der Waals surface area contributed by atoms with Crippen LogP contribution >= 0.6 is 0 Å². The summed E-state index contributed by atoms with van der Waals surface area (Å²) in [6.45, 7) is 2.82. The van der Waals surface area contributed by atoms with Gasteiger partial charge in [0.25, 0.3) is 5.91 Å². The van der Waals surface area contributed by atoms with Gasteiger partial charge in [0.05, 0.1) is 16.6 Å². The highest BCUT2D eigenvalue weighted by Crippen LogP contribution is 2.19. The Kier molecular flexibility index (Phi) is 4.15. The highest BCUT2D eigenvalue weighted by atomic mass is 32.2. The summed E-state index contributed by atoms with van der Waals surface area (Å²) in [6.07, 6.45) is 2.99. The summed E-state index contributed by atoms with van der Waals surface area (Å²) in [5.41, 5.74) is 0.897. The van der Waals surface area contributed by atoms with Crippen molar-refractivity contribution in [2.24, 2.45) is 5.92 Å². The van der Waals surface area contributed by atoms with Crippen LogP contribution in [0.2, 0.25) is 0 Å². The zero-order valence-corrected chi connectivity index (χ0v) is 13.0. The molecule has 0 unspecified atom stereocenters. The Balaban J connectivity index is 1.94. The number of halogens is 1. The molecule has 1 amide bonds. The summed E-state index contributed by atoms with van der Waals surface area (Å²) in [5, 5.41) is 0. The molecule has 0 bridgehead atoms. The lowest BCUT2D eigenvalue weighted by Crippen LogP contribution is -2.35. The molecule has 2 heterocycles. The van der Waals surface area contributed by atoms with Crippen molar-refractivity contribution in [2.45, 2.75) is 6.92 Å². The van der Waals surface area contributed by atoms with Gasteiger partial charge in [-0.05, 0) is 12.0 Å². The number of amides is 1. The smallest absolute Gasteiger partial charge is 0.256 e. The lowest BCUT2D eigenvalue weighted by molar-refractivity contribution is 0.0747. The van der Waals surface area contributed by atoms with Crippen LogP contribution in [-0.4, -0.2) is 49.6 Å². The molecule has 0 aliphatic carbocycles. The number of nitrogens with zero attached hydrogens (tertiary/aromatic N) is 3. The van der Waals surface area contributed by atoms with Crippen LogP contribution in [-0.2, 0) is 10.8 Å². The molecular weight excluding hydrogens is 305 g/mol. The van der Waals surface area contributed by atoms with Crippen LogP contribution in [0.5, 0.6) is 0 Å². The molecule has 1 aliphatic rings. The third kappa shape index (κ3) is 2.99. The first kappa shape index (κ1) is 15.0. The van der Waals surface area contributed by atoms with Gasteiger partial charge < -0.3 is 4.90 Å². The van der Waals surface area contributed by atoms with Gasteiger partial charge in [-0.15, -0.1) is 0 Å². The molecule has 1 aromatic carbocycles. The van der Waals surface area contributed by atoms with E-state index in [1.54, 1.807) is 4.90 Å². The van der Waals surface area contributed by atoms with E-state index in [1.165, 1.54) is 24.5 Å². The second-order valence-corrected chi connectivity index (χ2v) is 7.17. The maximum atomic E-state index is 14.2. The Morgan fingerprint density at radius 3 is 2.73 bits per heavy atom. The van der Waals surface area contributed by atoms with Crippen molar-refractivity contribution in [1.29, 1.82) is 0 Å². The SMILES string of the molecule is C[C@@H]1CN(C(=O)c2cc3nccnc3cc2F)CC[S@](=O)C1. The van der Waals surface area contributed by atoms with E-state index >= 15 is 0 Å². The fraction of sp³-hybridized carbons (Fsp3) is 0.400. The van der Waals surface area contributed by atoms with Crippen LogP contribution in [0.25, 0.3) is 11.0 Å². The molecule has 0 radical (unpaired) electrons. The largest absolute Gasteiger partial charge is 0.337 e. The molecule has 1 saturated heterocycles. The summed E-state index contributed by atoms with van der Waals surface area (Å²) in [4.78, 5) is 22.3. The van der Waals surface area contributed by atoms with Gasteiger partial charge in [0, 0.05) is 53.9 Å². The number of benzene rings is 1. The van der Waals surface area contributed by atoms with Gasteiger partial charge in [0.2, 0.25) is 0 Å². The summed E-state index contributed by atoms with van der Waals surface area (Å²) < 4.78 is 25.9. The van der Waals surface area contributed by atoms with Gasteiger partial charge >= 0.3 is 0 Å². The van der Waals surface area contributed by atoms with Crippen LogP contribution in [0.3, 0.4) is 0 Å². The minimum atomic E-state index is -0.919. The van der Waals surface area contributed by atoms with E-state index in [-0.39, 0.29) is 17.4 Å². The van der Waals surface area contributed by atoms with Crippen LogP contribution in [0.4, 0.5) is 4.39 Å². The molecule has 1 aromatic heterocycles. The lowest BCUT2D eigenvalue weighted by atomic mass is 10.1. The van der Waals surface area contributed by atoms with E-state index in [0.717, 1.165) is 0 Å². The molecule has 5 nitrogen and oxygen atoms in total. The van der Waals surface area contributed by atoms with Crippen molar-refractivity contribution in [3.05, 3.63) is 35.9 Å². The summed E-state index contributed by atoms with van der Waals surface area (Å²) >= 11 is 0. The number of carbonyl (C=O) groups is 1. The molecule has 22 heavy (non-hydrogen) atoms. The minimum absolute atomic E-state index is 0.00659. The predicted molar refractivity (Wildman–Crippen MR) is 82.4 cm³/mol. The predicted octanol–water partition coefficient (Wildman–Crippen LogP) is 1.61. The molecule has 7 heteroatoms. The number of fused-ring (bicyclic) bond motifs is 1. The molecule has 2 aromatic rings. The highest BCUT2D eigenvalue weighted by molar-refractivity contribution is 7.85. The van der Waals surface area contributed by atoms with Crippen molar-refractivity contribution in [3.8, 4) is 0 Å². The van der Waals surface area contributed by atoms with Gasteiger partial charge in [-0.3, -0.25) is 19.0 Å². The highest BCUT2D eigenvalue weighted by Gasteiger charge is 2.25. The number of aromatic nitrogens is 2. The monoisotopic (exact) mass is 321 g/mol. The van der Waals surface area contributed by atoms with Crippen LogP contribution < -0.4 is 0 Å². The number of hydrogen-bond donors (Lipinski definition) is 0.